The maximum Gasteiger partial charge on any atom is 0.226 e. The number of nitrogens with one attached hydrogen (secondary N) is 1. The molecular weight excluding hydrogens is 240 g/mol. The number of piperidine rings is 1. The summed E-state index contributed by atoms with van der Waals surface area (Å²) in [6.45, 7) is 3.44. The molecule has 0 radical (unpaired) electrons. The van der Waals surface area contributed by atoms with Crippen molar-refractivity contribution in [1.29, 1.82) is 0 Å². The molecule has 1 N–H and O–H groups in total. The molecule has 1 saturated heterocycles. The molecule has 2 atom stereocenters. The van der Waals surface area contributed by atoms with Gasteiger partial charge in [0.1, 0.15) is 9.84 Å². The van der Waals surface area contributed by atoms with E-state index in [1.165, 1.54) is 6.26 Å². The van der Waals surface area contributed by atoms with Crippen molar-refractivity contribution in [1.82, 2.24) is 10.2 Å². The average molecular weight is 262 g/mol. The third-order valence-electron chi connectivity index (χ3n) is 3.20. The number of amides is 1. The number of hydrogen-bond acceptors (Lipinski definition) is 4. The highest BCUT2D eigenvalue weighted by atomic mass is 32.2. The number of hydrogen-bond donors (Lipinski definition) is 1. The van der Waals surface area contributed by atoms with Crippen LogP contribution in [0, 0.1) is 5.92 Å². The molecule has 100 valence electrons. The molecule has 0 unspecified atom stereocenters. The van der Waals surface area contributed by atoms with Gasteiger partial charge in [0.15, 0.2) is 0 Å². The summed E-state index contributed by atoms with van der Waals surface area (Å²) in [6.07, 6.45) is 3.09. The first kappa shape index (κ1) is 14.4. The Balaban J connectivity index is 2.55. The Labute approximate surface area is 103 Å². The van der Waals surface area contributed by atoms with Crippen molar-refractivity contribution in [3.8, 4) is 0 Å². The van der Waals surface area contributed by atoms with Gasteiger partial charge < -0.3 is 10.2 Å². The van der Waals surface area contributed by atoms with Gasteiger partial charge >= 0.3 is 0 Å². The minimum absolute atomic E-state index is 0.00393. The summed E-state index contributed by atoms with van der Waals surface area (Å²) in [7, 11) is -1.35. The van der Waals surface area contributed by atoms with Gasteiger partial charge in [-0.3, -0.25) is 4.79 Å². The van der Waals surface area contributed by atoms with Crippen molar-refractivity contribution in [2.75, 3.05) is 32.1 Å². The molecule has 0 aromatic carbocycles. The maximum atomic E-state index is 12.1. The van der Waals surface area contributed by atoms with Gasteiger partial charge in [-0.25, -0.2) is 8.42 Å². The van der Waals surface area contributed by atoms with Gasteiger partial charge in [-0.1, -0.05) is 0 Å². The lowest BCUT2D eigenvalue weighted by atomic mass is 9.98. The Morgan fingerprint density at radius 1 is 1.53 bits per heavy atom. The number of carbonyl (C=O) groups is 1. The number of carbonyl (C=O) groups excluding carboxylic acids is 1. The van der Waals surface area contributed by atoms with Crippen LogP contribution in [0.3, 0.4) is 0 Å². The van der Waals surface area contributed by atoms with Gasteiger partial charge in [-0.05, 0) is 26.3 Å². The van der Waals surface area contributed by atoms with E-state index in [-0.39, 0.29) is 23.6 Å². The molecule has 5 nitrogen and oxygen atoms in total. The lowest BCUT2D eigenvalue weighted by Gasteiger charge is -2.30. The zero-order chi connectivity index (χ0) is 13.1. The van der Waals surface area contributed by atoms with E-state index >= 15 is 0 Å². The van der Waals surface area contributed by atoms with E-state index in [0.29, 0.717) is 6.54 Å². The first-order valence-corrected chi connectivity index (χ1v) is 8.02. The summed E-state index contributed by atoms with van der Waals surface area (Å²) < 4.78 is 22.4. The largest absolute Gasteiger partial charge is 0.342 e. The van der Waals surface area contributed by atoms with E-state index in [4.69, 9.17) is 0 Å². The summed E-state index contributed by atoms with van der Waals surface area (Å²) in [4.78, 5) is 13.7. The van der Waals surface area contributed by atoms with Crippen molar-refractivity contribution in [3.05, 3.63) is 0 Å². The molecule has 1 aliphatic heterocycles. The molecule has 0 aromatic rings. The lowest BCUT2D eigenvalue weighted by Crippen LogP contribution is -2.46. The first-order chi connectivity index (χ1) is 7.81. The summed E-state index contributed by atoms with van der Waals surface area (Å²) in [5.41, 5.74) is 0. The standard InChI is InChI=1S/C11H22N2O3S/c1-9(8-17(3,15)16)13(2)11(14)10-5-4-6-12-7-10/h9-10,12H,4-8H2,1-3H3/t9-,10-/m0/s1. The Kier molecular flexibility index (Phi) is 4.94. The minimum Gasteiger partial charge on any atom is -0.342 e. The third kappa shape index (κ3) is 4.63. The van der Waals surface area contributed by atoms with Crippen LogP contribution in [0.4, 0.5) is 0 Å². The fourth-order valence-electron chi connectivity index (χ4n) is 2.12. The molecule has 0 saturated carbocycles. The van der Waals surface area contributed by atoms with Gasteiger partial charge in [-0.2, -0.15) is 0 Å². The fourth-order valence-corrected chi connectivity index (χ4v) is 3.22. The van der Waals surface area contributed by atoms with Crippen LogP contribution in [0.1, 0.15) is 19.8 Å². The highest BCUT2D eigenvalue weighted by Crippen LogP contribution is 2.14. The maximum absolute atomic E-state index is 12.1. The quantitative estimate of drug-likeness (QED) is 0.767. The molecule has 6 heteroatoms. The second kappa shape index (κ2) is 5.82. The smallest absolute Gasteiger partial charge is 0.226 e. The molecule has 1 amide bonds. The van der Waals surface area contributed by atoms with Crippen molar-refractivity contribution in [2.45, 2.75) is 25.8 Å². The summed E-state index contributed by atoms with van der Waals surface area (Å²) in [6, 6.07) is -0.264. The minimum atomic E-state index is -3.04. The van der Waals surface area contributed by atoms with Crippen LogP contribution in [0.15, 0.2) is 0 Å². The highest BCUT2D eigenvalue weighted by Gasteiger charge is 2.27. The van der Waals surface area contributed by atoms with Gasteiger partial charge in [0, 0.05) is 25.9 Å². The van der Waals surface area contributed by atoms with Crippen LogP contribution in [0.25, 0.3) is 0 Å². The average Bonchev–Trinajstić information content (AvgIpc) is 2.26. The number of sulfone groups is 1. The zero-order valence-corrected chi connectivity index (χ0v) is 11.6. The molecular formula is C11H22N2O3S. The molecule has 1 rings (SSSR count). The van der Waals surface area contributed by atoms with E-state index < -0.39 is 9.84 Å². The molecule has 0 spiro atoms. The van der Waals surface area contributed by atoms with Gasteiger partial charge in [0.25, 0.3) is 0 Å². The van der Waals surface area contributed by atoms with Gasteiger partial charge in [-0.15, -0.1) is 0 Å². The Morgan fingerprint density at radius 2 is 2.18 bits per heavy atom. The van der Waals surface area contributed by atoms with Crippen molar-refractivity contribution in [2.24, 2.45) is 5.92 Å². The Hall–Kier alpha value is -0.620. The topological polar surface area (TPSA) is 66.5 Å². The normalized spacial score (nSPS) is 23.1. The SMILES string of the molecule is C[C@@H](CS(C)(=O)=O)N(C)C(=O)[C@H]1CCCNC1. The van der Waals surface area contributed by atoms with E-state index in [1.54, 1.807) is 18.9 Å². The van der Waals surface area contributed by atoms with E-state index in [2.05, 4.69) is 5.32 Å². The van der Waals surface area contributed by atoms with E-state index in [1.807, 2.05) is 0 Å². The van der Waals surface area contributed by atoms with E-state index in [0.717, 1.165) is 19.4 Å². The second-order valence-electron chi connectivity index (χ2n) is 4.93. The van der Waals surface area contributed by atoms with Crippen molar-refractivity contribution in [3.63, 3.8) is 0 Å². The van der Waals surface area contributed by atoms with Crippen LogP contribution < -0.4 is 5.32 Å². The van der Waals surface area contributed by atoms with Gasteiger partial charge in [0.05, 0.1) is 11.7 Å². The fraction of sp³-hybridized carbons (Fsp3) is 0.909. The van der Waals surface area contributed by atoms with Gasteiger partial charge in [0.2, 0.25) is 5.91 Å². The summed E-state index contributed by atoms with van der Waals surface area (Å²) in [5, 5.41) is 3.19. The van der Waals surface area contributed by atoms with Crippen molar-refractivity contribution < 1.29 is 13.2 Å². The predicted octanol–water partition coefficient (Wildman–Crippen LogP) is -0.122. The second-order valence-corrected chi connectivity index (χ2v) is 7.12. The molecule has 1 heterocycles. The Morgan fingerprint density at radius 3 is 2.65 bits per heavy atom. The summed E-state index contributed by atoms with van der Waals surface area (Å²) in [5.74, 6) is 0.0687. The first-order valence-electron chi connectivity index (χ1n) is 5.96. The predicted molar refractivity (Wildman–Crippen MR) is 67.5 cm³/mol. The van der Waals surface area contributed by atoms with Crippen LogP contribution in [0.2, 0.25) is 0 Å². The molecule has 1 fully saturated rings. The monoisotopic (exact) mass is 262 g/mol. The molecule has 0 aliphatic carbocycles. The van der Waals surface area contributed by atoms with E-state index in [9.17, 15) is 13.2 Å². The Bertz CT molecular complexity index is 361. The number of nitrogens with zero attached hydrogens (tertiary/aromatic N) is 1. The summed E-state index contributed by atoms with van der Waals surface area (Å²) >= 11 is 0. The highest BCUT2D eigenvalue weighted by molar-refractivity contribution is 7.90. The van der Waals surface area contributed by atoms with Crippen LogP contribution >= 0.6 is 0 Å². The van der Waals surface area contributed by atoms with Crippen molar-refractivity contribution >= 4 is 15.7 Å². The third-order valence-corrected chi connectivity index (χ3v) is 4.29. The lowest BCUT2D eigenvalue weighted by molar-refractivity contribution is -0.136. The number of rotatable bonds is 4. The van der Waals surface area contributed by atoms with Crippen LogP contribution in [-0.4, -0.2) is 57.4 Å². The molecule has 0 aromatic heterocycles. The zero-order valence-electron chi connectivity index (χ0n) is 10.8. The van der Waals surface area contributed by atoms with Crippen LogP contribution in [-0.2, 0) is 14.6 Å². The van der Waals surface area contributed by atoms with Crippen LogP contribution in [0.5, 0.6) is 0 Å². The molecule has 17 heavy (non-hydrogen) atoms. The molecule has 1 aliphatic rings. The molecule has 0 bridgehead atoms.